The Morgan fingerprint density at radius 3 is 2.14 bits per heavy atom. The molecule has 0 fully saturated rings. The molecular weight excluding hydrogens is 277 g/mol. The summed E-state index contributed by atoms with van der Waals surface area (Å²) in [4.78, 5) is 0. The maximum atomic E-state index is 12.9. The zero-order valence-corrected chi connectivity index (χ0v) is 11.0. The normalized spacial score (nSPS) is 12.2. The van der Waals surface area contributed by atoms with E-state index < -0.39 is 11.7 Å². The second-order valence-corrected chi connectivity index (χ2v) is 4.42. The molecule has 108 valence electrons. The summed E-state index contributed by atoms with van der Waals surface area (Å²) in [5, 5.41) is 7.87. The van der Waals surface area contributed by atoms with Gasteiger partial charge in [0.2, 0.25) is 0 Å². The van der Waals surface area contributed by atoms with Crippen molar-refractivity contribution in [3.8, 4) is 0 Å². The summed E-state index contributed by atoms with van der Waals surface area (Å²) in [5.74, 6) is 0. The number of nitrogens with two attached hydrogens (primary N) is 1. The number of allylic oxidation sites excluding steroid dienone is 1. The van der Waals surface area contributed by atoms with E-state index in [4.69, 9.17) is 11.1 Å². The van der Waals surface area contributed by atoms with Crippen LogP contribution in [0.1, 0.15) is 16.7 Å². The van der Waals surface area contributed by atoms with Crippen molar-refractivity contribution in [1.82, 2.24) is 0 Å². The van der Waals surface area contributed by atoms with E-state index in [9.17, 15) is 13.2 Å². The van der Waals surface area contributed by atoms with Gasteiger partial charge in [-0.25, -0.2) is 0 Å². The molecule has 5 heteroatoms. The fourth-order valence-corrected chi connectivity index (χ4v) is 1.91. The molecule has 0 aromatic heterocycles. The summed E-state index contributed by atoms with van der Waals surface area (Å²) in [6.07, 6.45) is -3.27. The molecule has 0 amide bonds. The molecule has 2 aromatic carbocycles. The zero-order chi connectivity index (χ0) is 15.5. The zero-order valence-electron chi connectivity index (χ0n) is 11.0. The minimum atomic E-state index is -4.50. The number of hydrogen-bond acceptors (Lipinski definition) is 2. The predicted molar refractivity (Wildman–Crippen MR) is 76.9 cm³/mol. The van der Waals surface area contributed by atoms with Crippen LogP contribution in [0.4, 0.5) is 13.2 Å². The van der Waals surface area contributed by atoms with E-state index in [0.717, 1.165) is 6.07 Å². The van der Waals surface area contributed by atoms with Crippen molar-refractivity contribution in [2.45, 2.75) is 6.18 Å². The minimum absolute atomic E-state index is 0.191. The van der Waals surface area contributed by atoms with Crippen LogP contribution in [-0.2, 0) is 6.18 Å². The molecule has 3 N–H and O–H groups in total. The van der Waals surface area contributed by atoms with E-state index in [0.29, 0.717) is 5.56 Å². The molecule has 0 spiro atoms. The molecule has 0 bridgehead atoms. The van der Waals surface area contributed by atoms with Gasteiger partial charge in [-0.05, 0) is 17.7 Å². The lowest BCUT2D eigenvalue weighted by Gasteiger charge is -2.12. The number of hydrogen-bond donors (Lipinski definition) is 2. The Morgan fingerprint density at radius 2 is 1.52 bits per heavy atom. The van der Waals surface area contributed by atoms with Crippen molar-refractivity contribution in [3.63, 3.8) is 0 Å². The largest absolute Gasteiger partial charge is 0.417 e. The lowest BCUT2D eigenvalue weighted by molar-refractivity contribution is -0.137. The number of rotatable bonds is 3. The van der Waals surface area contributed by atoms with Crippen LogP contribution in [0.3, 0.4) is 0 Å². The average molecular weight is 290 g/mol. The van der Waals surface area contributed by atoms with Crippen LogP contribution in [0.5, 0.6) is 0 Å². The molecule has 2 aromatic rings. The Bertz CT molecular complexity index is 673. The van der Waals surface area contributed by atoms with Crippen LogP contribution in [0, 0.1) is 5.41 Å². The Labute approximate surface area is 120 Å². The van der Waals surface area contributed by atoms with Crippen LogP contribution in [0.2, 0.25) is 0 Å². The maximum absolute atomic E-state index is 12.9. The van der Waals surface area contributed by atoms with Gasteiger partial charge in [0.15, 0.2) is 0 Å². The highest BCUT2D eigenvalue weighted by atomic mass is 19.4. The first-order valence-electron chi connectivity index (χ1n) is 6.17. The van der Waals surface area contributed by atoms with Crippen molar-refractivity contribution in [3.05, 3.63) is 77.4 Å². The monoisotopic (exact) mass is 290 g/mol. The Hall–Kier alpha value is -2.56. The molecule has 0 radical (unpaired) electrons. The molecule has 0 aliphatic carbocycles. The van der Waals surface area contributed by atoms with Gasteiger partial charge in [0, 0.05) is 11.3 Å². The highest BCUT2D eigenvalue weighted by molar-refractivity contribution is 6.11. The standard InChI is InChI=1S/C16H13F3N2/c17-16(18,19)13-9-5-4-8-12(13)15(21)10-14(20)11-6-2-1-3-7-11/h1-10,21H,20H2/b14-10-,21-15?. The van der Waals surface area contributed by atoms with Gasteiger partial charge >= 0.3 is 6.18 Å². The van der Waals surface area contributed by atoms with Crippen LogP contribution in [0.25, 0.3) is 5.70 Å². The van der Waals surface area contributed by atoms with Crippen molar-refractivity contribution < 1.29 is 13.2 Å². The third-order valence-corrected chi connectivity index (χ3v) is 2.93. The average Bonchev–Trinajstić information content (AvgIpc) is 2.47. The second-order valence-electron chi connectivity index (χ2n) is 4.42. The van der Waals surface area contributed by atoms with E-state index >= 15 is 0 Å². The minimum Gasteiger partial charge on any atom is -0.398 e. The number of benzene rings is 2. The summed E-state index contributed by atoms with van der Waals surface area (Å²) in [6.45, 7) is 0. The van der Waals surface area contributed by atoms with Crippen LogP contribution in [0.15, 0.2) is 60.7 Å². The van der Waals surface area contributed by atoms with Crippen molar-refractivity contribution in [2.24, 2.45) is 5.73 Å². The fraction of sp³-hybridized carbons (Fsp3) is 0.0625. The summed E-state index contributed by atoms with van der Waals surface area (Å²) < 4.78 is 38.8. The lowest BCUT2D eigenvalue weighted by atomic mass is 10.0. The smallest absolute Gasteiger partial charge is 0.398 e. The summed E-state index contributed by atoms with van der Waals surface area (Å²) in [7, 11) is 0. The van der Waals surface area contributed by atoms with E-state index in [1.54, 1.807) is 30.3 Å². The van der Waals surface area contributed by atoms with Crippen molar-refractivity contribution >= 4 is 11.4 Å². The molecule has 2 nitrogen and oxygen atoms in total. The second kappa shape index (κ2) is 5.83. The van der Waals surface area contributed by atoms with Gasteiger partial charge in [-0.3, -0.25) is 0 Å². The quantitative estimate of drug-likeness (QED) is 0.822. The Kier molecular flexibility index (Phi) is 4.12. The van der Waals surface area contributed by atoms with Gasteiger partial charge in [0.05, 0.1) is 11.3 Å². The first kappa shape index (κ1) is 14.8. The highest BCUT2D eigenvalue weighted by Gasteiger charge is 2.33. The molecule has 0 saturated carbocycles. The summed E-state index contributed by atoms with van der Waals surface area (Å²) in [6, 6.07) is 13.8. The van der Waals surface area contributed by atoms with Gasteiger partial charge in [0.1, 0.15) is 0 Å². The van der Waals surface area contributed by atoms with Crippen LogP contribution >= 0.6 is 0 Å². The summed E-state index contributed by atoms with van der Waals surface area (Å²) >= 11 is 0. The van der Waals surface area contributed by atoms with E-state index in [-0.39, 0.29) is 17.0 Å². The Morgan fingerprint density at radius 1 is 0.952 bits per heavy atom. The maximum Gasteiger partial charge on any atom is 0.417 e. The molecule has 0 aliphatic heterocycles. The van der Waals surface area contributed by atoms with Crippen molar-refractivity contribution in [2.75, 3.05) is 0 Å². The predicted octanol–water partition coefficient (Wildman–Crippen LogP) is 4.07. The highest BCUT2D eigenvalue weighted by Crippen LogP contribution is 2.32. The first-order valence-corrected chi connectivity index (χ1v) is 6.17. The first-order chi connectivity index (χ1) is 9.89. The van der Waals surface area contributed by atoms with Gasteiger partial charge in [-0.15, -0.1) is 0 Å². The molecule has 0 saturated heterocycles. The van der Waals surface area contributed by atoms with E-state index in [1.165, 1.54) is 24.3 Å². The third kappa shape index (κ3) is 3.51. The molecule has 0 heterocycles. The SMILES string of the molecule is N=C(/C=C(\N)c1ccccc1)c1ccccc1C(F)(F)F. The van der Waals surface area contributed by atoms with Gasteiger partial charge in [0.25, 0.3) is 0 Å². The molecule has 0 aliphatic rings. The molecule has 2 rings (SSSR count). The number of alkyl halides is 3. The van der Waals surface area contributed by atoms with Crippen molar-refractivity contribution in [1.29, 1.82) is 5.41 Å². The molecule has 0 atom stereocenters. The number of nitrogens with one attached hydrogen (secondary N) is 1. The van der Waals surface area contributed by atoms with Gasteiger partial charge < -0.3 is 11.1 Å². The summed E-state index contributed by atoms with van der Waals surface area (Å²) in [5.41, 5.74) is 5.43. The molecular formula is C16H13F3N2. The van der Waals surface area contributed by atoms with Crippen LogP contribution in [-0.4, -0.2) is 5.71 Å². The van der Waals surface area contributed by atoms with Crippen LogP contribution < -0.4 is 5.73 Å². The third-order valence-electron chi connectivity index (χ3n) is 2.93. The van der Waals surface area contributed by atoms with Gasteiger partial charge in [-0.2, -0.15) is 13.2 Å². The van der Waals surface area contributed by atoms with E-state index in [2.05, 4.69) is 0 Å². The molecule has 0 unspecified atom stereocenters. The Balaban J connectivity index is 2.38. The van der Waals surface area contributed by atoms with E-state index in [1.807, 2.05) is 0 Å². The topological polar surface area (TPSA) is 49.9 Å². The lowest BCUT2D eigenvalue weighted by Crippen LogP contribution is -2.12. The molecule has 21 heavy (non-hydrogen) atoms. The van der Waals surface area contributed by atoms with Gasteiger partial charge in [-0.1, -0.05) is 48.5 Å². The number of halogens is 3. The fourth-order valence-electron chi connectivity index (χ4n) is 1.91.